The zero-order chi connectivity index (χ0) is 15.8. The first-order valence-corrected chi connectivity index (χ1v) is 6.77. The first kappa shape index (κ1) is 17.1. The summed E-state index contributed by atoms with van der Waals surface area (Å²) in [5.41, 5.74) is 0.363. The third-order valence-electron chi connectivity index (χ3n) is 3.06. The summed E-state index contributed by atoms with van der Waals surface area (Å²) >= 11 is 0. The van der Waals surface area contributed by atoms with Crippen molar-refractivity contribution < 1.29 is 18.3 Å². The van der Waals surface area contributed by atoms with E-state index in [9.17, 15) is 18.8 Å². The fourth-order valence-electron chi connectivity index (χ4n) is 1.99. The van der Waals surface area contributed by atoms with Crippen molar-refractivity contribution in [2.24, 2.45) is 0 Å². The average molecular weight is 296 g/mol. The molecule has 0 spiro atoms. The van der Waals surface area contributed by atoms with Crippen LogP contribution in [0, 0.1) is 23.0 Å². The number of ether oxygens (including phenoxy) is 1. The molecule has 6 heteroatoms. The predicted octanol–water partition coefficient (Wildman–Crippen LogP) is 2.80. The maximum Gasteiger partial charge on any atom is 0.307 e. The van der Waals surface area contributed by atoms with E-state index in [4.69, 9.17) is 4.74 Å². The van der Waals surface area contributed by atoms with E-state index in [1.807, 2.05) is 6.92 Å². The molecule has 0 aliphatic rings. The zero-order valence-corrected chi connectivity index (χ0v) is 12.1. The highest BCUT2D eigenvalue weighted by molar-refractivity contribution is 5.69. The van der Waals surface area contributed by atoms with Crippen LogP contribution in [-0.4, -0.2) is 30.6 Å². The minimum absolute atomic E-state index is 0.142. The smallest absolute Gasteiger partial charge is 0.307 e. The van der Waals surface area contributed by atoms with Crippen LogP contribution in [0.4, 0.5) is 8.78 Å². The van der Waals surface area contributed by atoms with E-state index < -0.39 is 17.7 Å². The van der Waals surface area contributed by atoms with Crippen molar-refractivity contribution in [3.63, 3.8) is 0 Å². The lowest BCUT2D eigenvalue weighted by atomic mass is 10.1. The van der Waals surface area contributed by atoms with Crippen LogP contribution in [0.2, 0.25) is 0 Å². The molecule has 1 aromatic carbocycles. The van der Waals surface area contributed by atoms with Gasteiger partial charge in [0.25, 0.3) is 0 Å². The summed E-state index contributed by atoms with van der Waals surface area (Å²) in [6.45, 7) is 4.66. The summed E-state index contributed by atoms with van der Waals surface area (Å²) in [4.78, 5) is 13.1. The summed E-state index contributed by atoms with van der Waals surface area (Å²) in [6.07, 6.45) is 0.142. The van der Waals surface area contributed by atoms with E-state index in [0.717, 1.165) is 12.1 Å². The van der Waals surface area contributed by atoms with Crippen molar-refractivity contribution >= 4 is 5.97 Å². The second kappa shape index (κ2) is 8.32. The van der Waals surface area contributed by atoms with Gasteiger partial charge in [0.15, 0.2) is 11.6 Å². The Morgan fingerprint density at radius 2 is 2.10 bits per heavy atom. The highest BCUT2D eigenvalue weighted by atomic mass is 19.2. The summed E-state index contributed by atoms with van der Waals surface area (Å²) in [7, 11) is 0. The van der Waals surface area contributed by atoms with Gasteiger partial charge in [0.2, 0.25) is 0 Å². The largest absolute Gasteiger partial charge is 0.466 e. The SMILES string of the molecule is CCOC(=O)CCN(CC)C(C#N)c1ccc(F)c(F)c1. The van der Waals surface area contributed by atoms with E-state index in [1.165, 1.54) is 6.07 Å². The van der Waals surface area contributed by atoms with Gasteiger partial charge in [-0.2, -0.15) is 5.26 Å². The zero-order valence-electron chi connectivity index (χ0n) is 12.1. The van der Waals surface area contributed by atoms with Crippen molar-refractivity contribution in [1.29, 1.82) is 5.26 Å². The summed E-state index contributed by atoms with van der Waals surface area (Å²) in [6, 6.07) is 4.70. The standard InChI is InChI=1S/C15H18F2N2O2/c1-3-19(8-7-15(20)21-4-2)14(10-18)11-5-6-12(16)13(17)9-11/h5-6,9,14H,3-4,7-8H2,1-2H3. The van der Waals surface area contributed by atoms with Crippen molar-refractivity contribution in [3.05, 3.63) is 35.4 Å². The van der Waals surface area contributed by atoms with Gasteiger partial charge in [0.1, 0.15) is 6.04 Å². The second-order valence-corrected chi connectivity index (χ2v) is 4.39. The first-order valence-electron chi connectivity index (χ1n) is 6.77. The average Bonchev–Trinajstić information content (AvgIpc) is 2.47. The van der Waals surface area contributed by atoms with E-state index in [0.29, 0.717) is 25.3 Å². The molecule has 1 rings (SSSR count). The molecule has 0 N–H and O–H groups in total. The van der Waals surface area contributed by atoms with E-state index in [2.05, 4.69) is 6.07 Å². The molecule has 114 valence electrons. The molecule has 0 bridgehead atoms. The molecule has 1 atom stereocenters. The molecule has 0 fully saturated rings. The van der Waals surface area contributed by atoms with Crippen LogP contribution < -0.4 is 0 Å². The number of benzene rings is 1. The molecule has 1 aromatic rings. The summed E-state index contributed by atoms with van der Waals surface area (Å²) < 4.78 is 31.1. The molecule has 0 aromatic heterocycles. The number of hydrogen-bond acceptors (Lipinski definition) is 4. The number of rotatable bonds is 7. The molecule has 4 nitrogen and oxygen atoms in total. The molecule has 0 saturated heterocycles. The van der Waals surface area contributed by atoms with Gasteiger partial charge in [-0.1, -0.05) is 13.0 Å². The summed E-state index contributed by atoms with van der Waals surface area (Å²) in [5, 5.41) is 9.29. The van der Waals surface area contributed by atoms with Gasteiger partial charge in [0, 0.05) is 6.54 Å². The number of nitriles is 1. The lowest BCUT2D eigenvalue weighted by Gasteiger charge is -2.25. The van der Waals surface area contributed by atoms with Crippen LogP contribution in [-0.2, 0) is 9.53 Å². The molecular formula is C15H18F2N2O2. The van der Waals surface area contributed by atoms with Crippen LogP contribution in [0.3, 0.4) is 0 Å². The Morgan fingerprint density at radius 3 is 2.62 bits per heavy atom. The third-order valence-corrected chi connectivity index (χ3v) is 3.06. The van der Waals surface area contributed by atoms with Gasteiger partial charge >= 0.3 is 5.97 Å². The van der Waals surface area contributed by atoms with Crippen molar-refractivity contribution in [2.75, 3.05) is 19.7 Å². The number of nitrogens with zero attached hydrogens (tertiary/aromatic N) is 2. The minimum atomic E-state index is -0.991. The van der Waals surface area contributed by atoms with Crippen LogP contribution in [0.1, 0.15) is 31.9 Å². The molecule has 0 aliphatic carbocycles. The number of carbonyl (C=O) groups is 1. The third kappa shape index (κ3) is 4.80. The molecule has 0 saturated carbocycles. The van der Waals surface area contributed by atoms with E-state index in [-0.39, 0.29) is 12.4 Å². The maximum atomic E-state index is 13.3. The Labute approximate surface area is 122 Å². The Bertz CT molecular complexity index is 529. The van der Waals surface area contributed by atoms with E-state index >= 15 is 0 Å². The van der Waals surface area contributed by atoms with Crippen molar-refractivity contribution in [3.8, 4) is 6.07 Å². The molecule has 21 heavy (non-hydrogen) atoms. The number of hydrogen-bond donors (Lipinski definition) is 0. The highest BCUT2D eigenvalue weighted by Gasteiger charge is 2.21. The molecular weight excluding hydrogens is 278 g/mol. The highest BCUT2D eigenvalue weighted by Crippen LogP contribution is 2.22. The Kier molecular flexibility index (Phi) is 6.76. The van der Waals surface area contributed by atoms with Crippen LogP contribution in [0.5, 0.6) is 0 Å². The van der Waals surface area contributed by atoms with E-state index in [1.54, 1.807) is 11.8 Å². The molecule has 0 heterocycles. The predicted molar refractivity (Wildman–Crippen MR) is 73.2 cm³/mol. The van der Waals surface area contributed by atoms with Gasteiger partial charge in [-0.25, -0.2) is 8.78 Å². The van der Waals surface area contributed by atoms with Crippen LogP contribution >= 0.6 is 0 Å². The van der Waals surface area contributed by atoms with Crippen molar-refractivity contribution in [2.45, 2.75) is 26.3 Å². The van der Waals surface area contributed by atoms with Crippen molar-refractivity contribution in [1.82, 2.24) is 4.90 Å². The Hall–Kier alpha value is -2.00. The Morgan fingerprint density at radius 1 is 1.38 bits per heavy atom. The monoisotopic (exact) mass is 296 g/mol. The van der Waals surface area contributed by atoms with Gasteiger partial charge in [-0.05, 0) is 31.2 Å². The van der Waals surface area contributed by atoms with Gasteiger partial charge < -0.3 is 4.74 Å². The number of carbonyl (C=O) groups excluding carboxylic acids is 1. The first-order chi connectivity index (χ1) is 10.0. The molecule has 1 unspecified atom stereocenters. The lowest BCUT2D eigenvalue weighted by molar-refractivity contribution is -0.143. The number of halogens is 2. The number of esters is 1. The fourth-order valence-corrected chi connectivity index (χ4v) is 1.99. The van der Waals surface area contributed by atoms with Crippen LogP contribution in [0.25, 0.3) is 0 Å². The van der Waals surface area contributed by atoms with Gasteiger partial charge in [0.05, 0.1) is 19.1 Å². The Balaban J connectivity index is 2.82. The topological polar surface area (TPSA) is 53.3 Å². The molecule has 0 radical (unpaired) electrons. The van der Waals surface area contributed by atoms with Gasteiger partial charge in [-0.3, -0.25) is 9.69 Å². The molecule has 0 amide bonds. The fraction of sp³-hybridized carbons (Fsp3) is 0.467. The quantitative estimate of drug-likeness (QED) is 0.726. The molecule has 0 aliphatic heterocycles. The van der Waals surface area contributed by atoms with Gasteiger partial charge in [-0.15, -0.1) is 0 Å². The minimum Gasteiger partial charge on any atom is -0.466 e. The maximum absolute atomic E-state index is 13.3. The van der Waals surface area contributed by atoms with Crippen LogP contribution in [0.15, 0.2) is 18.2 Å². The second-order valence-electron chi connectivity index (χ2n) is 4.39. The normalized spacial score (nSPS) is 12.0. The lowest BCUT2D eigenvalue weighted by Crippen LogP contribution is -2.30. The summed E-state index contributed by atoms with van der Waals surface area (Å²) in [5.74, 6) is -2.29.